The third-order valence-corrected chi connectivity index (χ3v) is 3.07. The van der Waals surface area contributed by atoms with Crippen molar-refractivity contribution in [3.63, 3.8) is 0 Å². The maximum atomic E-state index is 12.0. The second kappa shape index (κ2) is 9.21. The highest BCUT2D eigenvalue weighted by Crippen LogP contribution is 2.24. The number of carbonyl (C=O) groups is 3. The highest BCUT2D eigenvalue weighted by Gasteiger charge is 2.21. The topological polar surface area (TPSA) is 137 Å². The molecule has 10 nitrogen and oxygen atoms in total. The number of hydrogen-bond donors (Lipinski definition) is 2. The maximum absolute atomic E-state index is 12.0. The fraction of sp³-hybridized carbons (Fsp3) is 0.400. The van der Waals surface area contributed by atoms with Crippen molar-refractivity contribution in [3.05, 3.63) is 33.9 Å². The smallest absolute Gasteiger partial charge is 0.342 e. The van der Waals surface area contributed by atoms with Crippen molar-refractivity contribution in [2.75, 3.05) is 20.3 Å². The van der Waals surface area contributed by atoms with E-state index in [1.54, 1.807) is 6.92 Å². The number of benzene rings is 1. The average molecular weight is 353 g/mol. The predicted octanol–water partition coefficient (Wildman–Crippen LogP) is 0.401. The van der Waals surface area contributed by atoms with Crippen molar-refractivity contribution < 1.29 is 28.8 Å². The minimum atomic E-state index is -0.957. The van der Waals surface area contributed by atoms with Gasteiger partial charge in [-0.3, -0.25) is 19.7 Å². The molecule has 25 heavy (non-hydrogen) atoms. The fourth-order valence-corrected chi connectivity index (χ4v) is 1.85. The van der Waals surface area contributed by atoms with Gasteiger partial charge in [-0.1, -0.05) is 0 Å². The molecule has 0 fully saturated rings. The Balaban J connectivity index is 2.70. The molecule has 0 aliphatic heterocycles. The summed E-state index contributed by atoms with van der Waals surface area (Å²) in [6, 6.07) is 2.64. The lowest BCUT2D eigenvalue weighted by Gasteiger charge is -2.13. The molecule has 0 saturated heterocycles. The van der Waals surface area contributed by atoms with Crippen LogP contribution in [0.1, 0.15) is 24.2 Å². The monoisotopic (exact) mass is 353 g/mol. The van der Waals surface area contributed by atoms with E-state index in [0.717, 1.165) is 6.07 Å². The molecular weight excluding hydrogens is 334 g/mol. The number of likely N-dealkylation sites (N-methyl/N-ethyl adjacent to an activating group) is 1. The summed E-state index contributed by atoms with van der Waals surface area (Å²) in [6.07, 6.45) is 0. The molecule has 0 radical (unpaired) electrons. The molecule has 10 heteroatoms. The quantitative estimate of drug-likeness (QED) is 0.392. The summed E-state index contributed by atoms with van der Waals surface area (Å²) in [4.78, 5) is 45.4. The first kappa shape index (κ1) is 19.9. The molecule has 0 aliphatic carbocycles. The minimum absolute atomic E-state index is 0.0756. The van der Waals surface area contributed by atoms with Crippen LogP contribution in [0.3, 0.4) is 0 Å². The molecule has 2 amide bonds. The zero-order chi connectivity index (χ0) is 19.0. The van der Waals surface area contributed by atoms with Crippen molar-refractivity contribution in [2.24, 2.45) is 0 Å². The van der Waals surface area contributed by atoms with Crippen LogP contribution in [0.15, 0.2) is 18.2 Å². The van der Waals surface area contributed by atoms with E-state index in [2.05, 4.69) is 10.6 Å². The molecule has 1 atom stereocenters. The van der Waals surface area contributed by atoms with Crippen LogP contribution in [0.2, 0.25) is 0 Å². The normalized spacial score (nSPS) is 11.2. The van der Waals surface area contributed by atoms with Crippen LogP contribution in [0, 0.1) is 10.1 Å². The van der Waals surface area contributed by atoms with Gasteiger partial charge >= 0.3 is 5.97 Å². The summed E-state index contributed by atoms with van der Waals surface area (Å²) in [6.45, 7) is 2.99. The first-order valence-electron chi connectivity index (χ1n) is 7.36. The van der Waals surface area contributed by atoms with Crippen molar-refractivity contribution in [3.8, 4) is 5.75 Å². The molecular formula is C15H19N3O7. The van der Waals surface area contributed by atoms with Crippen molar-refractivity contribution >= 4 is 23.5 Å². The number of methoxy groups -OCH3 is 1. The number of rotatable bonds is 8. The van der Waals surface area contributed by atoms with Crippen LogP contribution in [-0.4, -0.2) is 49.0 Å². The Labute approximate surface area is 143 Å². The number of non-ortho nitro benzene ring substituents is 1. The zero-order valence-corrected chi connectivity index (χ0v) is 14.0. The first-order valence-corrected chi connectivity index (χ1v) is 7.36. The first-order chi connectivity index (χ1) is 11.8. The molecule has 0 aromatic heterocycles. The van der Waals surface area contributed by atoms with E-state index < -0.39 is 29.4 Å². The van der Waals surface area contributed by atoms with Gasteiger partial charge in [-0.2, -0.15) is 0 Å². The Kier molecular flexibility index (Phi) is 7.32. The zero-order valence-electron chi connectivity index (χ0n) is 14.0. The average Bonchev–Trinajstić information content (AvgIpc) is 2.59. The lowest BCUT2D eigenvalue weighted by molar-refractivity contribution is -0.384. The number of nitrogens with zero attached hydrogens (tertiary/aromatic N) is 1. The Morgan fingerprint density at radius 2 is 2.00 bits per heavy atom. The Bertz CT molecular complexity index is 675. The van der Waals surface area contributed by atoms with Gasteiger partial charge in [0.05, 0.1) is 12.0 Å². The summed E-state index contributed by atoms with van der Waals surface area (Å²) in [5, 5.41) is 15.7. The lowest BCUT2D eigenvalue weighted by atomic mass is 10.2. The van der Waals surface area contributed by atoms with E-state index >= 15 is 0 Å². The number of amides is 2. The third-order valence-electron chi connectivity index (χ3n) is 3.07. The number of esters is 1. The lowest BCUT2D eigenvalue weighted by Crippen LogP contribution is -2.46. The molecule has 0 unspecified atom stereocenters. The molecule has 1 rings (SSSR count). The van der Waals surface area contributed by atoms with Crippen molar-refractivity contribution in [2.45, 2.75) is 19.9 Å². The van der Waals surface area contributed by atoms with Crippen LogP contribution in [-0.2, 0) is 14.3 Å². The van der Waals surface area contributed by atoms with Crippen LogP contribution >= 0.6 is 0 Å². The van der Waals surface area contributed by atoms with Gasteiger partial charge in [-0.25, -0.2) is 4.79 Å². The summed E-state index contributed by atoms with van der Waals surface area (Å²) in [5.74, 6) is -1.94. The van der Waals surface area contributed by atoms with Gasteiger partial charge in [0, 0.05) is 18.7 Å². The molecule has 0 saturated carbocycles. The van der Waals surface area contributed by atoms with Crippen LogP contribution in [0.25, 0.3) is 0 Å². The van der Waals surface area contributed by atoms with Gasteiger partial charge in [0.1, 0.15) is 17.4 Å². The molecule has 0 aliphatic rings. The molecule has 1 aromatic rings. The molecule has 0 heterocycles. The molecule has 0 bridgehead atoms. The molecule has 0 spiro atoms. The Morgan fingerprint density at radius 1 is 1.32 bits per heavy atom. The minimum Gasteiger partial charge on any atom is -0.496 e. The predicted molar refractivity (Wildman–Crippen MR) is 86.2 cm³/mol. The highest BCUT2D eigenvalue weighted by molar-refractivity contribution is 5.95. The summed E-state index contributed by atoms with van der Waals surface area (Å²) in [5.41, 5.74) is -0.497. The molecule has 136 valence electrons. The second-order valence-electron chi connectivity index (χ2n) is 4.90. The molecule has 2 N–H and O–H groups in total. The SMILES string of the molecule is CCNC(=O)[C@@H](C)NC(=O)COC(=O)c1cc([N+](=O)[O-])ccc1OC. The molecule has 1 aromatic carbocycles. The highest BCUT2D eigenvalue weighted by atomic mass is 16.6. The van der Waals surface area contributed by atoms with E-state index in [-0.39, 0.29) is 22.9 Å². The van der Waals surface area contributed by atoms with Crippen LogP contribution < -0.4 is 15.4 Å². The Morgan fingerprint density at radius 3 is 2.56 bits per heavy atom. The van der Waals surface area contributed by atoms with Gasteiger partial charge in [-0.15, -0.1) is 0 Å². The number of nitrogens with one attached hydrogen (secondary N) is 2. The second-order valence-corrected chi connectivity index (χ2v) is 4.90. The van der Waals surface area contributed by atoms with Gasteiger partial charge in [0.15, 0.2) is 6.61 Å². The van der Waals surface area contributed by atoms with Crippen LogP contribution in [0.5, 0.6) is 5.75 Å². The maximum Gasteiger partial charge on any atom is 0.342 e. The van der Waals surface area contributed by atoms with E-state index in [1.165, 1.54) is 26.2 Å². The van der Waals surface area contributed by atoms with Crippen LogP contribution in [0.4, 0.5) is 5.69 Å². The number of nitro groups is 1. The van der Waals surface area contributed by atoms with Gasteiger partial charge in [-0.05, 0) is 19.9 Å². The van der Waals surface area contributed by atoms with Gasteiger partial charge < -0.3 is 20.1 Å². The van der Waals surface area contributed by atoms with Crippen molar-refractivity contribution in [1.82, 2.24) is 10.6 Å². The number of hydrogen-bond acceptors (Lipinski definition) is 7. The third kappa shape index (κ3) is 5.75. The number of carbonyl (C=O) groups excluding carboxylic acids is 3. The van der Waals surface area contributed by atoms with Gasteiger partial charge in [0.2, 0.25) is 5.91 Å². The number of ether oxygens (including phenoxy) is 2. The summed E-state index contributed by atoms with van der Waals surface area (Å²) >= 11 is 0. The number of nitro benzene ring substituents is 1. The Hall–Kier alpha value is -3.17. The fourth-order valence-electron chi connectivity index (χ4n) is 1.85. The van der Waals surface area contributed by atoms with Crippen molar-refractivity contribution in [1.29, 1.82) is 0 Å². The summed E-state index contributed by atoms with van der Waals surface area (Å²) < 4.78 is 9.78. The van der Waals surface area contributed by atoms with Gasteiger partial charge in [0.25, 0.3) is 11.6 Å². The van der Waals surface area contributed by atoms with E-state index in [0.29, 0.717) is 6.54 Å². The van der Waals surface area contributed by atoms with E-state index in [9.17, 15) is 24.5 Å². The standard InChI is InChI=1S/C15H19N3O7/c1-4-16-14(20)9(2)17-13(19)8-25-15(21)11-7-10(18(22)23)5-6-12(11)24-3/h5-7,9H,4,8H2,1-3H3,(H,16,20)(H,17,19)/t9-/m1/s1. The largest absolute Gasteiger partial charge is 0.496 e. The van der Waals surface area contributed by atoms with E-state index in [1.807, 2.05) is 0 Å². The summed E-state index contributed by atoms with van der Waals surface area (Å²) in [7, 11) is 1.29. The van der Waals surface area contributed by atoms with E-state index in [4.69, 9.17) is 9.47 Å².